The van der Waals surface area contributed by atoms with Crippen LogP contribution in [0.2, 0.25) is 0 Å². The minimum Gasteiger partial charge on any atom is -0.369 e. The van der Waals surface area contributed by atoms with Gasteiger partial charge < -0.3 is 10.3 Å². The lowest BCUT2D eigenvalue weighted by Gasteiger charge is -2.14. The van der Waals surface area contributed by atoms with Gasteiger partial charge in [-0.1, -0.05) is 53.7 Å². The van der Waals surface area contributed by atoms with E-state index in [-0.39, 0.29) is 0 Å². The number of nitrogens with zero attached hydrogens (tertiary/aromatic N) is 2. The van der Waals surface area contributed by atoms with Gasteiger partial charge in [0.15, 0.2) is 0 Å². The maximum absolute atomic E-state index is 11.9. The molecule has 1 amide bonds. The van der Waals surface area contributed by atoms with E-state index in [2.05, 4.69) is 10.1 Å². The summed E-state index contributed by atoms with van der Waals surface area (Å²) >= 11 is 0. The summed E-state index contributed by atoms with van der Waals surface area (Å²) in [6.07, 6.45) is 0. The van der Waals surface area contributed by atoms with Gasteiger partial charge in [-0.3, -0.25) is 4.79 Å². The number of nitrogens with two attached hydrogens (primary N) is 1. The largest absolute Gasteiger partial charge is 0.369 e. The van der Waals surface area contributed by atoms with Gasteiger partial charge in [0.05, 0.1) is 5.92 Å². The maximum Gasteiger partial charge on any atom is 0.229 e. The highest BCUT2D eigenvalue weighted by molar-refractivity contribution is 5.86. The topological polar surface area (TPSA) is 82.0 Å². The van der Waals surface area contributed by atoms with Crippen LogP contribution in [-0.2, 0) is 4.79 Å². The summed E-state index contributed by atoms with van der Waals surface area (Å²) in [6.45, 7) is 1.73. The molecule has 2 aromatic carbocycles. The second-order valence-electron chi connectivity index (χ2n) is 5.01. The number of aromatic nitrogens is 2. The quantitative estimate of drug-likeness (QED) is 0.801. The van der Waals surface area contributed by atoms with Crippen molar-refractivity contribution in [3.8, 4) is 11.4 Å². The Morgan fingerprint density at radius 1 is 1.09 bits per heavy atom. The Balaban J connectivity index is 2.04. The van der Waals surface area contributed by atoms with Gasteiger partial charge >= 0.3 is 0 Å². The van der Waals surface area contributed by atoms with Gasteiger partial charge in [-0.25, -0.2) is 0 Å². The fourth-order valence-corrected chi connectivity index (χ4v) is 2.44. The van der Waals surface area contributed by atoms with E-state index in [1.54, 1.807) is 6.92 Å². The third-order valence-corrected chi connectivity index (χ3v) is 3.42. The minimum atomic E-state index is -0.505. The molecule has 0 saturated heterocycles. The number of rotatable bonds is 4. The summed E-state index contributed by atoms with van der Waals surface area (Å²) < 4.78 is 5.00. The molecular weight excluding hydrogens is 278 g/mol. The van der Waals surface area contributed by atoms with Gasteiger partial charge in [-0.05, 0) is 17.2 Å². The standard InChI is InChI=1S/C17H15N3O2/c1-11-19-17(20-22-11)14-9-5-8-13(10-14)15(16(18)21)12-6-3-2-4-7-12/h2-10,15H,1H3,(H2,18,21). The molecule has 1 aromatic heterocycles. The SMILES string of the molecule is Cc1nc(-c2cccc(C(C(N)=O)c3ccccc3)c2)no1. The number of primary amides is 1. The van der Waals surface area contributed by atoms with Crippen molar-refractivity contribution in [2.45, 2.75) is 12.8 Å². The van der Waals surface area contributed by atoms with Crippen LogP contribution >= 0.6 is 0 Å². The predicted octanol–water partition coefficient (Wildman–Crippen LogP) is 2.66. The van der Waals surface area contributed by atoms with E-state index in [1.807, 2.05) is 54.6 Å². The first-order chi connectivity index (χ1) is 10.6. The van der Waals surface area contributed by atoms with Gasteiger partial charge in [0, 0.05) is 12.5 Å². The lowest BCUT2D eigenvalue weighted by atomic mass is 9.90. The summed E-state index contributed by atoms with van der Waals surface area (Å²) in [7, 11) is 0. The van der Waals surface area contributed by atoms with Crippen molar-refractivity contribution in [3.63, 3.8) is 0 Å². The molecule has 0 bridgehead atoms. The lowest BCUT2D eigenvalue weighted by molar-refractivity contribution is -0.118. The molecule has 0 radical (unpaired) electrons. The van der Waals surface area contributed by atoms with Gasteiger partial charge in [-0.2, -0.15) is 4.98 Å². The number of hydrogen-bond donors (Lipinski definition) is 1. The third-order valence-electron chi connectivity index (χ3n) is 3.42. The summed E-state index contributed by atoms with van der Waals surface area (Å²) in [5.41, 5.74) is 8.06. The highest BCUT2D eigenvalue weighted by Crippen LogP contribution is 2.27. The number of benzene rings is 2. The molecule has 2 N–H and O–H groups in total. The second-order valence-corrected chi connectivity index (χ2v) is 5.01. The van der Waals surface area contributed by atoms with E-state index in [1.165, 1.54) is 0 Å². The third kappa shape index (κ3) is 2.74. The molecule has 1 unspecified atom stereocenters. The molecule has 1 heterocycles. The summed E-state index contributed by atoms with van der Waals surface area (Å²) in [6, 6.07) is 16.9. The smallest absolute Gasteiger partial charge is 0.229 e. The molecule has 0 saturated carbocycles. The first-order valence-electron chi connectivity index (χ1n) is 6.90. The number of carbonyl (C=O) groups excluding carboxylic acids is 1. The molecule has 0 fully saturated rings. The average molecular weight is 293 g/mol. The fourth-order valence-electron chi connectivity index (χ4n) is 2.44. The zero-order valence-electron chi connectivity index (χ0n) is 12.1. The Hall–Kier alpha value is -2.95. The Labute approximate surface area is 127 Å². The van der Waals surface area contributed by atoms with Crippen molar-refractivity contribution in [1.29, 1.82) is 0 Å². The predicted molar refractivity (Wildman–Crippen MR) is 82.0 cm³/mol. The van der Waals surface area contributed by atoms with Crippen molar-refractivity contribution in [2.24, 2.45) is 5.73 Å². The van der Waals surface area contributed by atoms with E-state index in [0.717, 1.165) is 16.7 Å². The Kier molecular flexibility index (Phi) is 3.70. The molecular formula is C17H15N3O2. The first-order valence-corrected chi connectivity index (χ1v) is 6.90. The normalized spacial score (nSPS) is 12.0. The Morgan fingerprint density at radius 2 is 1.82 bits per heavy atom. The van der Waals surface area contributed by atoms with E-state index in [4.69, 9.17) is 10.3 Å². The first kappa shape index (κ1) is 14.0. The number of amides is 1. The molecule has 0 spiro atoms. The van der Waals surface area contributed by atoms with Crippen LogP contribution in [0.25, 0.3) is 11.4 Å². The zero-order valence-corrected chi connectivity index (χ0v) is 12.1. The van der Waals surface area contributed by atoms with Crippen LogP contribution in [0.3, 0.4) is 0 Å². The molecule has 0 aliphatic rings. The zero-order chi connectivity index (χ0) is 15.5. The summed E-state index contributed by atoms with van der Waals surface area (Å²) in [5.74, 6) is 0.0901. The molecule has 3 aromatic rings. The molecule has 0 aliphatic heterocycles. The monoisotopic (exact) mass is 293 g/mol. The van der Waals surface area contributed by atoms with Crippen LogP contribution in [-0.4, -0.2) is 16.0 Å². The van der Waals surface area contributed by atoms with Gasteiger partial charge in [0.2, 0.25) is 17.6 Å². The lowest BCUT2D eigenvalue weighted by Crippen LogP contribution is -2.22. The molecule has 5 nitrogen and oxygen atoms in total. The average Bonchev–Trinajstić information content (AvgIpc) is 2.95. The molecule has 0 aliphatic carbocycles. The van der Waals surface area contributed by atoms with Gasteiger partial charge in [0.1, 0.15) is 0 Å². The van der Waals surface area contributed by atoms with Crippen molar-refractivity contribution in [3.05, 3.63) is 71.6 Å². The fraction of sp³-hybridized carbons (Fsp3) is 0.118. The van der Waals surface area contributed by atoms with Crippen molar-refractivity contribution >= 4 is 5.91 Å². The van der Waals surface area contributed by atoms with Crippen molar-refractivity contribution in [1.82, 2.24) is 10.1 Å². The van der Waals surface area contributed by atoms with E-state index in [9.17, 15) is 4.79 Å². The van der Waals surface area contributed by atoms with Crippen LogP contribution in [0.4, 0.5) is 0 Å². The van der Waals surface area contributed by atoms with Crippen LogP contribution in [0.5, 0.6) is 0 Å². The maximum atomic E-state index is 11.9. The van der Waals surface area contributed by atoms with Crippen molar-refractivity contribution in [2.75, 3.05) is 0 Å². The molecule has 5 heteroatoms. The Morgan fingerprint density at radius 3 is 2.45 bits per heavy atom. The van der Waals surface area contributed by atoms with Crippen LogP contribution in [0, 0.1) is 6.92 Å². The van der Waals surface area contributed by atoms with E-state index < -0.39 is 11.8 Å². The summed E-state index contributed by atoms with van der Waals surface area (Å²) in [4.78, 5) is 16.1. The van der Waals surface area contributed by atoms with E-state index >= 15 is 0 Å². The molecule has 3 rings (SSSR count). The van der Waals surface area contributed by atoms with Crippen LogP contribution in [0.1, 0.15) is 22.9 Å². The van der Waals surface area contributed by atoms with Gasteiger partial charge in [0.25, 0.3) is 0 Å². The highest BCUT2D eigenvalue weighted by Gasteiger charge is 2.20. The minimum absolute atomic E-state index is 0.396. The van der Waals surface area contributed by atoms with Crippen LogP contribution in [0.15, 0.2) is 59.1 Å². The number of carbonyl (C=O) groups is 1. The summed E-state index contributed by atoms with van der Waals surface area (Å²) in [5, 5.41) is 3.90. The second kappa shape index (κ2) is 5.81. The molecule has 1 atom stereocenters. The number of hydrogen-bond acceptors (Lipinski definition) is 4. The highest BCUT2D eigenvalue weighted by atomic mass is 16.5. The van der Waals surface area contributed by atoms with Crippen LogP contribution < -0.4 is 5.73 Å². The number of aryl methyl sites for hydroxylation is 1. The van der Waals surface area contributed by atoms with E-state index in [0.29, 0.717) is 11.7 Å². The van der Waals surface area contributed by atoms with Gasteiger partial charge in [-0.15, -0.1) is 0 Å². The van der Waals surface area contributed by atoms with Crippen molar-refractivity contribution < 1.29 is 9.32 Å². The molecule has 22 heavy (non-hydrogen) atoms. The molecule has 110 valence electrons. The Bertz CT molecular complexity index is 796.